The maximum atomic E-state index is 12.7. The largest absolute Gasteiger partial charge is 0.311 e. The Morgan fingerprint density at radius 2 is 1.75 bits per heavy atom. The van der Waals surface area contributed by atoms with Crippen LogP contribution in [0.1, 0.15) is 21.5 Å². The lowest BCUT2D eigenvalue weighted by Gasteiger charge is -2.20. The number of pyridine rings is 1. The lowest BCUT2D eigenvalue weighted by atomic mass is 10.1. The molecule has 0 N–H and O–H groups in total. The van der Waals surface area contributed by atoms with Gasteiger partial charge >= 0.3 is 0 Å². The van der Waals surface area contributed by atoms with Crippen molar-refractivity contribution in [3.05, 3.63) is 83.8 Å². The molecule has 0 radical (unpaired) electrons. The van der Waals surface area contributed by atoms with Gasteiger partial charge in [0.2, 0.25) is 0 Å². The number of anilines is 1. The molecule has 0 aliphatic rings. The molecule has 5 heteroatoms. The second-order valence-corrected chi connectivity index (χ2v) is 6.86. The van der Waals surface area contributed by atoms with Crippen LogP contribution in [0, 0.1) is 13.8 Å². The van der Waals surface area contributed by atoms with Gasteiger partial charge in [-0.3, -0.25) is 9.78 Å². The molecule has 138 valence electrons. The molecule has 0 bridgehead atoms. The first-order valence-corrected chi connectivity index (χ1v) is 9.05. The molecule has 0 fully saturated rings. The fourth-order valence-corrected chi connectivity index (χ4v) is 3.26. The smallest absolute Gasteiger partial charge is 0.258 e. The minimum absolute atomic E-state index is 0.0735. The monoisotopic (exact) mass is 368 g/mol. The first-order valence-electron chi connectivity index (χ1n) is 9.05. The summed E-state index contributed by atoms with van der Waals surface area (Å²) in [4.78, 5) is 27.5. The van der Waals surface area contributed by atoms with Gasteiger partial charge in [0.1, 0.15) is 0 Å². The second kappa shape index (κ2) is 7.19. The van der Waals surface area contributed by atoms with Gasteiger partial charge in [-0.2, -0.15) is 0 Å². The Bertz CT molecular complexity index is 1170. The maximum absolute atomic E-state index is 12.7. The molecule has 2 aromatic heterocycles. The zero-order valence-corrected chi connectivity index (χ0v) is 16.0. The van der Waals surface area contributed by atoms with Crippen molar-refractivity contribution in [2.24, 2.45) is 0 Å². The number of rotatable bonds is 3. The van der Waals surface area contributed by atoms with Crippen LogP contribution in [0.5, 0.6) is 0 Å². The van der Waals surface area contributed by atoms with E-state index in [1.807, 2.05) is 43.5 Å². The van der Waals surface area contributed by atoms with Gasteiger partial charge in [0.15, 0.2) is 5.82 Å². The molecular formula is C23H20N4O. The molecule has 0 spiro atoms. The Kier molecular flexibility index (Phi) is 4.57. The van der Waals surface area contributed by atoms with Crippen LogP contribution in [0.4, 0.5) is 5.69 Å². The van der Waals surface area contributed by atoms with Crippen LogP contribution in [0.25, 0.3) is 22.3 Å². The van der Waals surface area contributed by atoms with E-state index in [4.69, 9.17) is 0 Å². The molecule has 0 aliphatic carbocycles. The van der Waals surface area contributed by atoms with Crippen molar-refractivity contribution in [1.82, 2.24) is 15.0 Å². The third-order valence-corrected chi connectivity index (χ3v) is 4.78. The summed E-state index contributed by atoms with van der Waals surface area (Å²) in [7, 11) is 1.78. The zero-order valence-electron chi connectivity index (χ0n) is 16.0. The summed E-state index contributed by atoms with van der Waals surface area (Å²) in [6, 6.07) is 15.5. The van der Waals surface area contributed by atoms with E-state index >= 15 is 0 Å². The number of fused-ring (bicyclic) bond motifs is 1. The van der Waals surface area contributed by atoms with E-state index in [1.165, 1.54) is 5.56 Å². The fraction of sp³-hybridized carbons (Fsp3) is 0.130. The first-order chi connectivity index (χ1) is 13.5. The number of hydrogen-bond acceptors (Lipinski definition) is 4. The molecule has 1 amide bonds. The lowest BCUT2D eigenvalue weighted by Crippen LogP contribution is -2.26. The zero-order chi connectivity index (χ0) is 19.7. The number of hydrogen-bond donors (Lipinski definition) is 0. The Labute approximate surface area is 163 Å². The summed E-state index contributed by atoms with van der Waals surface area (Å²) >= 11 is 0. The first kappa shape index (κ1) is 17.8. The number of carbonyl (C=O) groups excluding carboxylic acids is 1. The van der Waals surface area contributed by atoms with E-state index in [-0.39, 0.29) is 5.91 Å². The summed E-state index contributed by atoms with van der Waals surface area (Å²) < 4.78 is 0. The lowest BCUT2D eigenvalue weighted by molar-refractivity contribution is 0.0992. The summed E-state index contributed by atoms with van der Waals surface area (Å²) in [6.45, 7) is 4.04. The summed E-state index contributed by atoms with van der Waals surface area (Å²) in [6.07, 6.45) is 5.10. The van der Waals surface area contributed by atoms with Crippen molar-refractivity contribution in [2.75, 3.05) is 11.9 Å². The highest BCUT2D eigenvalue weighted by atomic mass is 16.2. The van der Waals surface area contributed by atoms with Crippen molar-refractivity contribution in [3.8, 4) is 11.4 Å². The fourth-order valence-electron chi connectivity index (χ4n) is 3.26. The Balaban J connectivity index is 1.66. The van der Waals surface area contributed by atoms with Gasteiger partial charge in [0.05, 0.1) is 5.52 Å². The number of carbonyl (C=O) groups is 1. The minimum atomic E-state index is -0.0735. The molecule has 28 heavy (non-hydrogen) atoms. The average Bonchev–Trinajstić information content (AvgIpc) is 2.73. The highest BCUT2D eigenvalue weighted by molar-refractivity contribution is 6.06. The van der Waals surface area contributed by atoms with Crippen LogP contribution in [0.15, 0.2) is 67.1 Å². The van der Waals surface area contributed by atoms with E-state index in [2.05, 4.69) is 27.9 Å². The van der Waals surface area contributed by atoms with E-state index in [1.54, 1.807) is 36.5 Å². The second-order valence-electron chi connectivity index (χ2n) is 6.86. The Morgan fingerprint density at radius 3 is 2.50 bits per heavy atom. The average molecular weight is 368 g/mol. The number of aromatic nitrogens is 3. The molecule has 4 rings (SSSR count). The maximum Gasteiger partial charge on any atom is 0.258 e. The standard InChI is InChI=1S/C23H20N4O/c1-15-4-6-20-19(12-15)14-25-22(26-20)18-5-7-21(16(2)13-18)27(3)23(28)17-8-10-24-11-9-17/h4-14H,1-3H3. The summed E-state index contributed by atoms with van der Waals surface area (Å²) in [5.74, 6) is 0.602. The van der Waals surface area contributed by atoms with Gasteiger partial charge < -0.3 is 4.90 Å². The van der Waals surface area contributed by atoms with Crippen LogP contribution in [0.2, 0.25) is 0 Å². The van der Waals surface area contributed by atoms with E-state index < -0.39 is 0 Å². The van der Waals surface area contributed by atoms with Crippen molar-refractivity contribution in [3.63, 3.8) is 0 Å². The molecule has 5 nitrogen and oxygen atoms in total. The number of nitrogens with zero attached hydrogens (tertiary/aromatic N) is 4. The van der Waals surface area contributed by atoms with E-state index in [0.29, 0.717) is 11.4 Å². The number of aryl methyl sites for hydroxylation is 2. The van der Waals surface area contributed by atoms with E-state index in [0.717, 1.165) is 27.7 Å². The molecule has 2 heterocycles. The Morgan fingerprint density at radius 1 is 0.964 bits per heavy atom. The summed E-state index contributed by atoms with van der Waals surface area (Å²) in [5.41, 5.74) is 5.47. The van der Waals surface area contributed by atoms with Gasteiger partial charge in [-0.05, 0) is 61.9 Å². The molecule has 0 unspecified atom stereocenters. The number of amides is 1. The topological polar surface area (TPSA) is 59.0 Å². The van der Waals surface area contributed by atoms with Crippen molar-refractivity contribution < 1.29 is 4.79 Å². The van der Waals surface area contributed by atoms with Gasteiger partial charge in [-0.25, -0.2) is 9.97 Å². The van der Waals surface area contributed by atoms with E-state index in [9.17, 15) is 4.79 Å². The predicted molar refractivity (Wildman–Crippen MR) is 111 cm³/mol. The summed E-state index contributed by atoms with van der Waals surface area (Å²) in [5, 5.41) is 1.03. The Hall–Kier alpha value is -3.60. The predicted octanol–water partition coefficient (Wildman–Crippen LogP) is 4.59. The van der Waals surface area contributed by atoms with Crippen LogP contribution in [0.3, 0.4) is 0 Å². The molecule has 0 atom stereocenters. The van der Waals surface area contributed by atoms with Crippen LogP contribution in [-0.2, 0) is 0 Å². The SMILES string of the molecule is Cc1ccc2nc(-c3ccc(N(C)C(=O)c4ccncc4)c(C)c3)ncc2c1. The van der Waals surface area contributed by atoms with Gasteiger partial charge in [0.25, 0.3) is 5.91 Å². The van der Waals surface area contributed by atoms with Crippen molar-refractivity contribution in [2.45, 2.75) is 13.8 Å². The van der Waals surface area contributed by atoms with Gasteiger partial charge in [-0.15, -0.1) is 0 Å². The third kappa shape index (κ3) is 3.34. The molecule has 0 saturated carbocycles. The highest BCUT2D eigenvalue weighted by Crippen LogP contribution is 2.26. The van der Waals surface area contributed by atoms with Crippen molar-refractivity contribution >= 4 is 22.5 Å². The quantitative estimate of drug-likeness (QED) is 0.531. The van der Waals surface area contributed by atoms with Crippen molar-refractivity contribution in [1.29, 1.82) is 0 Å². The third-order valence-electron chi connectivity index (χ3n) is 4.78. The van der Waals surface area contributed by atoms with Crippen LogP contribution >= 0.6 is 0 Å². The molecule has 0 aliphatic heterocycles. The minimum Gasteiger partial charge on any atom is -0.311 e. The normalized spacial score (nSPS) is 10.8. The molecule has 2 aromatic carbocycles. The highest BCUT2D eigenvalue weighted by Gasteiger charge is 2.16. The molecular weight excluding hydrogens is 348 g/mol. The van der Waals surface area contributed by atoms with Gasteiger partial charge in [-0.1, -0.05) is 11.6 Å². The number of benzene rings is 2. The molecule has 4 aromatic rings. The van der Waals surface area contributed by atoms with Crippen LogP contribution < -0.4 is 4.90 Å². The van der Waals surface area contributed by atoms with Gasteiger partial charge in [0, 0.05) is 47.8 Å². The van der Waals surface area contributed by atoms with Crippen LogP contribution in [-0.4, -0.2) is 27.9 Å². The molecule has 0 saturated heterocycles.